The van der Waals surface area contributed by atoms with E-state index in [0.29, 0.717) is 35.6 Å². The lowest BCUT2D eigenvalue weighted by Crippen LogP contribution is -2.41. The van der Waals surface area contributed by atoms with Gasteiger partial charge in [-0.3, -0.25) is 0 Å². The zero-order valence-electron chi connectivity index (χ0n) is 18.0. The summed E-state index contributed by atoms with van der Waals surface area (Å²) in [7, 11) is 0. The molecule has 0 amide bonds. The van der Waals surface area contributed by atoms with Crippen LogP contribution in [0.1, 0.15) is 31.2 Å². The van der Waals surface area contributed by atoms with Crippen molar-refractivity contribution in [3.63, 3.8) is 0 Å². The van der Waals surface area contributed by atoms with Crippen molar-refractivity contribution in [3.05, 3.63) is 41.7 Å². The van der Waals surface area contributed by atoms with Gasteiger partial charge in [-0.05, 0) is 49.8 Å². The molecular weight excluding hydrogens is 409 g/mol. The number of nitrogens with one attached hydrogen (secondary N) is 1. The van der Waals surface area contributed by atoms with E-state index >= 15 is 0 Å². The van der Waals surface area contributed by atoms with Gasteiger partial charge in [0, 0.05) is 24.0 Å². The van der Waals surface area contributed by atoms with Gasteiger partial charge in [-0.25, -0.2) is 14.4 Å². The molecule has 0 unspecified atom stereocenters. The van der Waals surface area contributed by atoms with E-state index in [1.165, 1.54) is 0 Å². The van der Waals surface area contributed by atoms with Gasteiger partial charge in [-0.15, -0.1) is 0 Å². The number of anilines is 1. The average molecular weight is 433 g/mol. The predicted octanol–water partition coefficient (Wildman–Crippen LogP) is 3.63. The van der Waals surface area contributed by atoms with Gasteiger partial charge in [-0.1, -0.05) is 6.92 Å². The maximum Gasteiger partial charge on any atom is 0.326 e. The fourth-order valence-corrected chi connectivity index (χ4v) is 5.22. The number of hydrogen-bond acceptors (Lipinski definition) is 7. The maximum absolute atomic E-state index is 14.5. The minimum absolute atomic E-state index is 0.206. The molecule has 4 aromatic rings. The molecule has 1 aliphatic carbocycles. The predicted molar refractivity (Wildman–Crippen MR) is 119 cm³/mol. The Kier molecular flexibility index (Phi) is 4.29. The van der Waals surface area contributed by atoms with Crippen molar-refractivity contribution in [2.45, 2.75) is 45.2 Å². The summed E-state index contributed by atoms with van der Waals surface area (Å²) in [6, 6.07) is 3.88. The van der Waals surface area contributed by atoms with Gasteiger partial charge in [0.15, 0.2) is 5.75 Å². The number of halogens is 1. The number of hydrogen-bond donors (Lipinski definition) is 2. The molecule has 3 atom stereocenters. The summed E-state index contributed by atoms with van der Waals surface area (Å²) in [5.74, 6) is 2.05. The average Bonchev–Trinajstić information content (AvgIpc) is 3.46. The lowest BCUT2D eigenvalue weighted by atomic mass is 10.0. The molecule has 2 aliphatic rings. The topological polar surface area (TPSA) is 106 Å². The van der Waals surface area contributed by atoms with Gasteiger partial charge in [0.2, 0.25) is 0 Å². The van der Waals surface area contributed by atoms with Crippen LogP contribution in [-0.2, 0) is 6.42 Å². The molecule has 3 N–H and O–H groups in total. The highest BCUT2D eigenvalue weighted by Gasteiger charge is 2.44. The van der Waals surface area contributed by atoms with Crippen molar-refractivity contribution in [2.75, 3.05) is 11.4 Å². The molecular formula is C23H24FN7O. The molecule has 8 nitrogen and oxygen atoms in total. The molecule has 0 radical (unpaired) electrons. The first-order valence-electron chi connectivity index (χ1n) is 11.0. The second-order valence-corrected chi connectivity index (χ2v) is 8.79. The van der Waals surface area contributed by atoms with Crippen LogP contribution in [0.4, 0.5) is 10.2 Å². The lowest BCUT2D eigenvalue weighted by molar-refractivity contribution is 0.435. The van der Waals surface area contributed by atoms with Crippen LogP contribution < -0.4 is 15.4 Å². The summed E-state index contributed by atoms with van der Waals surface area (Å²) in [6.07, 6.45) is 5.88. The summed E-state index contributed by atoms with van der Waals surface area (Å²) in [5.41, 5.74) is 8.71. The Bertz CT molecular complexity index is 1330. The molecule has 1 saturated carbocycles. The highest BCUT2D eigenvalue weighted by atomic mass is 19.1. The van der Waals surface area contributed by atoms with Gasteiger partial charge in [-0.2, -0.15) is 9.97 Å². The van der Waals surface area contributed by atoms with E-state index < -0.39 is 0 Å². The first-order chi connectivity index (χ1) is 15.5. The van der Waals surface area contributed by atoms with Crippen molar-refractivity contribution in [3.8, 4) is 11.8 Å². The summed E-state index contributed by atoms with van der Waals surface area (Å²) in [4.78, 5) is 23.5. The van der Waals surface area contributed by atoms with Crippen LogP contribution in [0.2, 0.25) is 0 Å². The summed E-state index contributed by atoms with van der Waals surface area (Å²) < 4.78 is 20.4. The number of fused-ring (bicyclic) bond motifs is 5. The number of piperidine rings is 1. The third-order valence-electron chi connectivity index (χ3n) is 6.78. The molecule has 6 rings (SSSR count). The fourth-order valence-electron chi connectivity index (χ4n) is 5.22. The van der Waals surface area contributed by atoms with Crippen LogP contribution in [0, 0.1) is 18.7 Å². The van der Waals surface area contributed by atoms with Crippen LogP contribution in [0.25, 0.3) is 21.9 Å². The molecule has 0 spiro atoms. The fraction of sp³-hybridized carbons (Fsp3) is 0.391. The van der Waals surface area contributed by atoms with Gasteiger partial charge >= 0.3 is 6.01 Å². The molecule has 1 aliphatic heterocycles. The van der Waals surface area contributed by atoms with E-state index in [2.05, 4.69) is 24.8 Å². The standard InChI is InChI=1S/C23H24FN7O/c1-3-12-4-14(24)6-17-19-21(28-20(12)17)29-23(32-16-8-26-11(2)27-9-16)30-22(19)31-10-13-5-15(31)7-18(13)25/h4,6,8-9,13,15,18H,3,5,7,10,25H2,1-2H3,(H,28,29,30)/t13-,15-,18-/m1/s1. The van der Waals surface area contributed by atoms with Crippen LogP contribution in [-0.4, -0.2) is 43.5 Å². The second kappa shape index (κ2) is 7.09. The van der Waals surface area contributed by atoms with Crippen molar-refractivity contribution >= 4 is 27.8 Å². The molecule has 3 aromatic heterocycles. The van der Waals surface area contributed by atoms with E-state index in [4.69, 9.17) is 15.5 Å². The SMILES string of the molecule is CCc1cc(F)cc2c1[nH]c1nc(Oc3cnc(C)nc3)nc(N3C[C@H]4C[C@@H]3C[C@H]4N)c12. The summed E-state index contributed by atoms with van der Waals surface area (Å²) in [6.45, 7) is 4.65. The Morgan fingerprint density at radius 3 is 2.72 bits per heavy atom. The van der Waals surface area contributed by atoms with E-state index in [0.717, 1.165) is 47.1 Å². The third-order valence-corrected chi connectivity index (χ3v) is 6.78. The highest BCUT2D eigenvalue weighted by molar-refractivity contribution is 6.12. The lowest BCUT2D eigenvalue weighted by Gasteiger charge is -2.31. The Hall–Kier alpha value is -3.33. The largest absolute Gasteiger partial charge is 0.421 e. The molecule has 2 fully saturated rings. The monoisotopic (exact) mass is 433 g/mol. The molecule has 2 bridgehead atoms. The van der Waals surface area contributed by atoms with E-state index in [9.17, 15) is 4.39 Å². The number of H-pyrrole nitrogens is 1. The minimum Gasteiger partial charge on any atom is -0.421 e. The Balaban J connectivity index is 1.55. The van der Waals surface area contributed by atoms with Gasteiger partial charge in [0.05, 0.1) is 23.3 Å². The number of benzene rings is 1. The van der Waals surface area contributed by atoms with Crippen molar-refractivity contribution < 1.29 is 9.13 Å². The number of aromatic nitrogens is 5. The summed E-state index contributed by atoms with van der Waals surface area (Å²) >= 11 is 0. The normalized spacial score (nSPS) is 22.4. The second-order valence-electron chi connectivity index (χ2n) is 8.79. The van der Waals surface area contributed by atoms with Crippen LogP contribution in [0.5, 0.6) is 11.8 Å². The first kappa shape index (κ1) is 19.4. The quantitative estimate of drug-likeness (QED) is 0.506. The van der Waals surface area contributed by atoms with Crippen LogP contribution in [0.15, 0.2) is 24.5 Å². The molecule has 9 heteroatoms. The zero-order chi connectivity index (χ0) is 22.0. The molecule has 164 valence electrons. The minimum atomic E-state index is -0.261. The molecule has 1 aromatic carbocycles. The van der Waals surface area contributed by atoms with Crippen molar-refractivity contribution in [1.82, 2.24) is 24.9 Å². The van der Waals surface area contributed by atoms with Crippen molar-refractivity contribution in [2.24, 2.45) is 11.7 Å². The smallest absolute Gasteiger partial charge is 0.326 e. The highest BCUT2D eigenvalue weighted by Crippen LogP contribution is 2.43. The molecule has 1 saturated heterocycles. The number of rotatable bonds is 4. The zero-order valence-corrected chi connectivity index (χ0v) is 18.0. The maximum atomic E-state index is 14.5. The number of nitrogens with zero attached hydrogens (tertiary/aromatic N) is 5. The molecule has 32 heavy (non-hydrogen) atoms. The van der Waals surface area contributed by atoms with Gasteiger partial charge in [0.25, 0.3) is 0 Å². The van der Waals surface area contributed by atoms with E-state index in [1.54, 1.807) is 24.5 Å². The Morgan fingerprint density at radius 2 is 2.03 bits per heavy atom. The van der Waals surface area contributed by atoms with Gasteiger partial charge in [0.1, 0.15) is 23.1 Å². The van der Waals surface area contributed by atoms with E-state index in [1.807, 2.05) is 13.8 Å². The number of aromatic amines is 1. The first-order valence-corrected chi connectivity index (χ1v) is 11.0. The van der Waals surface area contributed by atoms with Crippen molar-refractivity contribution in [1.29, 1.82) is 0 Å². The Morgan fingerprint density at radius 1 is 1.22 bits per heavy atom. The number of aryl methyl sites for hydroxylation is 2. The Labute approximate surface area is 184 Å². The van der Waals surface area contributed by atoms with Crippen LogP contribution in [0.3, 0.4) is 0 Å². The van der Waals surface area contributed by atoms with Crippen LogP contribution >= 0.6 is 0 Å². The third kappa shape index (κ3) is 2.99. The summed E-state index contributed by atoms with van der Waals surface area (Å²) in [5, 5.41) is 1.62. The molecule has 4 heterocycles. The number of ether oxygens (including phenoxy) is 1. The van der Waals surface area contributed by atoms with Gasteiger partial charge < -0.3 is 20.4 Å². The number of nitrogens with two attached hydrogens (primary N) is 1. The van der Waals surface area contributed by atoms with E-state index in [-0.39, 0.29) is 17.9 Å².